The van der Waals surface area contributed by atoms with Gasteiger partial charge in [-0.05, 0) is 31.8 Å². The third-order valence-corrected chi connectivity index (χ3v) is 3.20. The second kappa shape index (κ2) is 8.08. The van der Waals surface area contributed by atoms with Gasteiger partial charge in [-0.25, -0.2) is 0 Å². The van der Waals surface area contributed by atoms with Gasteiger partial charge in [0.2, 0.25) is 0 Å². The average molecular weight is 228 g/mol. The Balaban J connectivity index is 3.75. The maximum Gasteiger partial charge on any atom is 0.0479 e. The first-order valence-electron chi connectivity index (χ1n) is 6.83. The minimum Gasteiger partial charge on any atom is -0.301 e. The first-order valence-corrected chi connectivity index (χ1v) is 6.83. The van der Waals surface area contributed by atoms with Gasteiger partial charge in [0.25, 0.3) is 0 Å². The van der Waals surface area contributed by atoms with Crippen LogP contribution < -0.4 is 5.32 Å². The van der Waals surface area contributed by atoms with E-state index in [2.05, 4.69) is 51.9 Å². The Morgan fingerprint density at radius 2 is 1.75 bits per heavy atom. The van der Waals surface area contributed by atoms with Crippen molar-refractivity contribution in [2.24, 2.45) is 5.41 Å². The Kier molecular flexibility index (Phi) is 8.04. The maximum absolute atomic E-state index is 3.66. The van der Waals surface area contributed by atoms with E-state index in [4.69, 9.17) is 0 Å². The van der Waals surface area contributed by atoms with Crippen molar-refractivity contribution in [2.45, 2.75) is 66.3 Å². The van der Waals surface area contributed by atoms with E-state index in [1.54, 1.807) is 0 Å². The molecule has 16 heavy (non-hydrogen) atoms. The van der Waals surface area contributed by atoms with Crippen molar-refractivity contribution in [3.63, 3.8) is 0 Å². The summed E-state index contributed by atoms with van der Waals surface area (Å²) >= 11 is 0. The van der Waals surface area contributed by atoms with Gasteiger partial charge in [0.05, 0.1) is 0 Å². The SMILES string of the molecule is CCCCCN(C)CNC(CC)C(C)(C)C. The predicted molar refractivity (Wildman–Crippen MR) is 73.7 cm³/mol. The second-order valence-corrected chi connectivity index (χ2v) is 5.98. The number of rotatable bonds is 8. The van der Waals surface area contributed by atoms with Crippen molar-refractivity contribution in [2.75, 3.05) is 20.3 Å². The molecule has 0 spiro atoms. The van der Waals surface area contributed by atoms with Crippen LogP contribution >= 0.6 is 0 Å². The third kappa shape index (κ3) is 7.24. The van der Waals surface area contributed by atoms with Crippen LogP contribution in [0.25, 0.3) is 0 Å². The monoisotopic (exact) mass is 228 g/mol. The first kappa shape index (κ1) is 15.9. The Morgan fingerprint density at radius 1 is 1.12 bits per heavy atom. The molecule has 0 aromatic carbocycles. The summed E-state index contributed by atoms with van der Waals surface area (Å²) in [7, 11) is 2.21. The van der Waals surface area contributed by atoms with Crippen LogP contribution in [0.5, 0.6) is 0 Å². The smallest absolute Gasteiger partial charge is 0.0479 e. The molecule has 0 fully saturated rings. The van der Waals surface area contributed by atoms with E-state index in [1.165, 1.54) is 32.2 Å². The van der Waals surface area contributed by atoms with Crippen LogP contribution in [0.2, 0.25) is 0 Å². The van der Waals surface area contributed by atoms with E-state index in [9.17, 15) is 0 Å². The van der Waals surface area contributed by atoms with Gasteiger partial charge in [-0.15, -0.1) is 0 Å². The zero-order valence-corrected chi connectivity index (χ0v) is 12.3. The highest BCUT2D eigenvalue weighted by molar-refractivity contribution is 4.78. The predicted octanol–water partition coefficient (Wildman–Crippen LogP) is 3.48. The summed E-state index contributed by atoms with van der Waals surface area (Å²) in [6.07, 6.45) is 5.18. The quantitative estimate of drug-likeness (QED) is 0.505. The zero-order valence-electron chi connectivity index (χ0n) is 12.3. The van der Waals surface area contributed by atoms with Gasteiger partial charge < -0.3 is 5.32 Å². The molecular formula is C14H32N2. The summed E-state index contributed by atoms with van der Waals surface area (Å²) in [4.78, 5) is 2.39. The molecule has 0 bridgehead atoms. The van der Waals surface area contributed by atoms with Crippen LogP contribution in [-0.4, -0.2) is 31.2 Å². The van der Waals surface area contributed by atoms with E-state index in [0.29, 0.717) is 11.5 Å². The molecule has 0 aromatic heterocycles. The molecule has 0 amide bonds. The number of hydrogen-bond donors (Lipinski definition) is 1. The van der Waals surface area contributed by atoms with E-state index < -0.39 is 0 Å². The molecule has 0 aliphatic carbocycles. The average Bonchev–Trinajstić information content (AvgIpc) is 2.17. The highest BCUT2D eigenvalue weighted by Gasteiger charge is 2.22. The highest BCUT2D eigenvalue weighted by atomic mass is 15.2. The van der Waals surface area contributed by atoms with E-state index in [0.717, 1.165) is 6.67 Å². The Labute approximate surface area is 103 Å². The lowest BCUT2D eigenvalue weighted by Crippen LogP contribution is -2.44. The molecule has 2 heteroatoms. The molecule has 0 saturated heterocycles. The molecule has 2 nitrogen and oxygen atoms in total. The Bertz CT molecular complexity index is 161. The fourth-order valence-corrected chi connectivity index (χ4v) is 2.04. The van der Waals surface area contributed by atoms with Crippen LogP contribution in [0.3, 0.4) is 0 Å². The fraction of sp³-hybridized carbons (Fsp3) is 1.00. The van der Waals surface area contributed by atoms with E-state index in [1.807, 2.05) is 0 Å². The van der Waals surface area contributed by atoms with Gasteiger partial charge in [-0.3, -0.25) is 4.90 Å². The molecule has 1 unspecified atom stereocenters. The third-order valence-electron chi connectivity index (χ3n) is 3.20. The van der Waals surface area contributed by atoms with E-state index in [-0.39, 0.29) is 0 Å². The number of hydrogen-bond acceptors (Lipinski definition) is 2. The largest absolute Gasteiger partial charge is 0.301 e. The minimum absolute atomic E-state index is 0.360. The van der Waals surface area contributed by atoms with Crippen LogP contribution in [0.1, 0.15) is 60.3 Å². The molecule has 0 aliphatic rings. The lowest BCUT2D eigenvalue weighted by molar-refractivity contribution is 0.209. The molecule has 0 heterocycles. The van der Waals surface area contributed by atoms with Crippen molar-refractivity contribution >= 4 is 0 Å². The normalized spacial score (nSPS) is 14.4. The van der Waals surface area contributed by atoms with Gasteiger partial charge in [-0.1, -0.05) is 47.5 Å². The summed E-state index contributed by atoms with van der Waals surface area (Å²) in [5.41, 5.74) is 0.360. The van der Waals surface area contributed by atoms with Crippen LogP contribution in [0.15, 0.2) is 0 Å². The van der Waals surface area contributed by atoms with Crippen LogP contribution in [0, 0.1) is 5.41 Å². The maximum atomic E-state index is 3.66. The summed E-state index contributed by atoms with van der Waals surface area (Å²) in [6.45, 7) is 13.7. The van der Waals surface area contributed by atoms with Crippen molar-refractivity contribution in [3.8, 4) is 0 Å². The topological polar surface area (TPSA) is 15.3 Å². The van der Waals surface area contributed by atoms with Crippen LogP contribution in [-0.2, 0) is 0 Å². The number of unbranched alkanes of at least 4 members (excludes halogenated alkanes) is 2. The van der Waals surface area contributed by atoms with Crippen molar-refractivity contribution in [3.05, 3.63) is 0 Å². The molecule has 98 valence electrons. The molecule has 0 rings (SSSR count). The lowest BCUT2D eigenvalue weighted by atomic mass is 9.85. The first-order chi connectivity index (χ1) is 7.41. The summed E-state index contributed by atoms with van der Waals surface area (Å²) < 4.78 is 0. The molecule has 0 aromatic rings. The van der Waals surface area contributed by atoms with Gasteiger partial charge in [0.15, 0.2) is 0 Å². The van der Waals surface area contributed by atoms with Gasteiger partial charge >= 0.3 is 0 Å². The molecular weight excluding hydrogens is 196 g/mol. The Hall–Kier alpha value is -0.0800. The van der Waals surface area contributed by atoms with Crippen molar-refractivity contribution < 1.29 is 0 Å². The molecule has 0 radical (unpaired) electrons. The summed E-state index contributed by atoms with van der Waals surface area (Å²) in [5.74, 6) is 0. The number of nitrogens with one attached hydrogen (secondary N) is 1. The van der Waals surface area contributed by atoms with Gasteiger partial charge in [0, 0.05) is 12.7 Å². The molecule has 1 N–H and O–H groups in total. The summed E-state index contributed by atoms with van der Waals surface area (Å²) in [5, 5.41) is 3.66. The highest BCUT2D eigenvalue weighted by Crippen LogP contribution is 2.21. The lowest BCUT2D eigenvalue weighted by Gasteiger charge is -2.32. The van der Waals surface area contributed by atoms with Crippen molar-refractivity contribution in [1.29, 1.82) is 0 Å². The molecule has 1 atom stereocenters. The standard InChI is InChI=1S/C14H32N2/c1-7-9-10-11-16(6)12-15-13(8-2)14(3,4)5/h13,15H,7-12H2,1-6H3. The molecule has 0 aliphatic heterocycles. The second-order valence-electron chi connectivity index (χ2n) is 5.98. The van der Waals surface area contributed by atoms with Gasteiger partial charge in [-0.2, -0.15) is 0 Å². The van der Waals surface area contributed by atoms with Crippen molar-refractivity contribution in [1.82, 2.24) is 10.2 Å². The fourth-order valence-electron chi connectivity index (χ4n) is 2.04. The Morgan fingerprint density at radius 3 is 2.19 bits per heavy atom. The minimum atomic E-state index is 0.360. The zero-order chi connectivity index (χ0) is 12.6. The van der Waals surface area contributed by atoms with E-state index >= 15 is 0 Å². The molecule has 0 saturated carbocycles. The number of nitrogens with zero attached hydrogens (tertiary/aromatic N) is 1. The summed E-state index contributed by atoms with van der Waals surface area (Å²) in [6, 6.07) is 0.612. The van der Waals surface area contributed by atoms with Crippen LogP contribution in [0.4, 0.5) is 0 Å². The van der Waals surface area contributed by atoms with Gasteiger partial charge in [0.1, 0.15) is 0 Å².